The molecule has 2 aromatic rings. The number of amides is 2. The van der Waals surface area contributed by atoms with Gasteiger partial charge in [-0.3, -0.25) is 9.59 Å². The Bertz CT molecular complexity index is 859. The van der Waals surface area contributed by atoms with Gasteiger partial charge < -0.3 is 15.0 Å². The van der Waals surface area contributed by atoms with Gasteiger partial charge in [0.05, 0.1) is 12.9 Å². The highest BCUT2D eigenvalue weighted by Gasteiger charge is 2.28. The van der Waals surface area contributed by atoms with E-state index in [4.69, 9.17) is 16.3 Å². The number of hydrogen-bond acceptors (Lipinski definition) is 4. The van der Waals surface area contributed by atoms with Crippen molar-refractivity contribution in [2.45, 2.75) is 38.6 Å². The van der Waals surface area contributed by atoms with Crippen LogP contribution in [-0.4, -0.2) is 42.2 Å². The van der Waals surface area contributed by atoms with Gasteiger partial charge in [-0.1, -0.05) is 36.7 Å². The summed E-state index contributed by atoms with van der Waals surface area (Å²) >= 11 is 7.35. The highest BCUT2D eigenvalue weighted by Crippen LogP contribution is 2.25. The number of nitrogens with zero attached hydrogens (tertiary/aromatic N) is 1. The number of likely N-dealkylation sites (N-methyl/N-ethyl adjacent to an activating group) is 1. The summed E-state index contributed by atoms with van der Waals surface area (Å²) in [6.45, 7) is 4.49. The van der Waals surface area contributed by atoms with Crippen LogP contribution in [0.25, 0.3) is 0 Å². The predicted molar refractivity (Wildman–Crippen MR) is 124 cm³/mol. The summed E-state index contributed by atoms with van der Waals surface area (Å²) in [6, 6.07) is 11.3. The zero-order chi connectivity index (χ0) is 22.8. The third kappa shape index (κ3) is 7.14. The molecule has 0 saturated heterocycles. The van der Waals surface area contributed by atoms with E-state index in [2.05, 4.69) is 5.32 Å². The molecule has 0 aliphatic heterocycles. The Labute approximate surface area is 192 Å². The standard InChI is InChI=1S/C23H28ClFN2O3S/c1-4-21(23(29)26-5-2)27(13-16-9-11-17(30-3)12-10-16)22(28)15-31-14-18-19(24)7-6-8-20(18)25/h6-12,21H,4-5,13-15H2,1-3H3,(H,26,29)/t21-/m0/s1. The van der Waals surface area contributed by atoms with Crippen molar-refractivity contribution in [1.82, 2.24) is 10.2 Å². The minimum absolute atomic E-state index is 0.108. The number of thioether (sulfide) groups is 1. The lowest BCUT2D eigenvalue weighted by Gasteiger charge is -2.30. The lowest BCUT2D eigenvalue weighted by Crippen LogP contribution is -2.49. The number of benzene rings is 2. The Morgan fingerprint density at radius 3 is 2.48 bits per heavy atom. The van der Waals surface area contributed by atoms with Gasteiger partial charge in [0, 0.05) is 29.4 Å². The van der Waals surface area contributed by atoms with E-state index in [0.29, 0.717) is 30.1 Å². The summed E-state index contributed by atoms with van der Waals surface area (Å²) in [5, 5.41) is 3.14. The van der Waals surface area contributed by atoms with Gasteiger partial charge in [-0.2, -0.15) is 0 Å². The minimum atomic E-state index is -0.591. The fourth-order valence-electron chi connectivity index (χ4n) is 3.13. The van der Waals surface area contributed by atoms with Crippen LogP contribution in [0.3, 0.4) is 0 Å². The van der Waals surface area contributed by atoms with Crippen LogP contribution < -0.4 is 10.1 Å². The average Bonchev–Trinajstić information content (AvgIpc) is 2.76. The number of ether oxygens (including phenoxy) is 1. The second-order valence-corrected chi connectivity index (χ2v) is 8.27. The molecule has 2 rings (SSSR count). The van der Waals surface area contributed by atoms with E-state index in [1.165, 1.54) is 17.8 Å². The number of carbonyl (C=O) groups excluding carboxylic acids is 2. The van der Waals surface area contributed by atoms with Gasteiger partial charge in [0.25, 0.3) is 0 Å². The topological polar surface area (TPSA) is 58.6 Å². The quantitative estimate of drug-likeness (QED) is 0.523. The molecule has 0 radical (unpaired) electrons. The van der Waals surface area contributed by atoms with Crippen LogP contribution in [0.4, 0.5) is 4.39 Å². The van der Waals surface area contributed by atoms with Crippen LogP contribution in [-0.2, 0) is 21.9 Å². The van der Waals surface area contributed by atoms with Crippen molar-refractivity contribution in [2.24, 2.45) is 0 Å². The first-order valence-electron chi connectivity index (χ1n) is 10.1. The van der Waals surface area contributed by atoms with Crippen molar-refractivity contribution < 1.29 is 18.7 Å². The van der Waals surface area contributed by atoms with Crippen LogP contribution in [0.15, 0.2) is 42.5 Å². The Morgan fingerprint density at radius 1 is 1.19 bits per heavy atom. The van der Waals surface area contributed by atoms with E-state index in [1.54, 1.807) is 24.1 Å². The highest BCUT2D eigenvalue weighted by molar-refractivity contribution is 7.99. The van der Waals surface area contributed by atoms with Crippen molar-refractivity contribution >= 4 is 35.2 Å². The van der Waals surface area contributed by atoms with Gasteiger partial charge in [-0.05, 0) is 43.2 Å². The van der Waals surface area contributed by atoms with Crippen molar-refractivity contribution in [3.8, 4) is 5.75 Å². The number of nitrogens with one attached hydrogen (secondary N) is 1. The molecular weight excluding hydrogens is 439 g/mol. The minimum Gasteiger partial charge on any atom is -0.497 e. The molecule has 0 heterocycles. The van der Waals surface area contributed by atoms with Crippen molar-refractivity contribution in [3.63, 3.8) is 0 Å². The smallest absolute Gasteiger partial charge is 0.242 e. The zero-order valence-corrected chi connectivity index (χ0v) is 19.6. The Morgan fingerprint density at radius 2 is 1.90 bits per heavy atom. The molecule has 0 aliphatic carbocycles. The molecule has 5 nitrogen and oxygen atoms in total. The molecule has 1 N–H and O–H groups in total. The zero-order valence-electron chi connectivity index (χ0n) is 18.0. The summed E-state index contributed by atoms with van der Waals surface area (Å²) in [7, 11) is 1.59. The molecule has 0 spiro atoms. The maximum atomic E-state index is 14.0. The van der Waals surface area contributed by atoms with Gasteiger partial charge in [0.15, 0.2) is 0 Å². The molecule has 1 atom stereocenters. The molecule has 8 heteroatoms. The van der Waals surface area contributed by atoms with Crippen molar-refractivity contribution in [3.05, 3.63) is 64.4 Å². The molecule has 2 aromatic carbocycles. The molecule has 0 bridgehead atoms. The van der Waals surface area contributed by atoms with Crippen LogP contribution in [0.1, 0.15) is 31.4 Å². The van der Waals surface area contributed by atoms with Crippen LogP contribution in [0.5, 0.6) is 5.75 Å². The van der Waals surface area contributed by atoms with Gasteiger partial charge >= 0.3 is 0 Å². The molecule has 0 saturated carbocycles. The number of rotatable bonds is 11. The first kappa shape index (κ1) is 25.0. The summed E-state index contributed by atoms with van der Waals surface area (Å²) in [4.78, 5) is 27.3. The maximum Gasteiger partial charge on any atom is 0.242 e. The molecule has 31 heavy (non-hydrogen) atoms. The fraction of sp³-hybridized carbons (Fsp3) is 0.391. The third-order valence-electron chi connectivity index (χ3n) is 4.78. The monoisotopic (exact) mass is 466 g/mol. The highest BCUT2D eigenvalue weighted by atomic mass is 35.5. The summed E-state index contributed by atoms with van der Waals surface area (Å²) in [5.74, 6) is 0.328. The molecular formula is C23H28ClFN2O3S. The summed E-state index contributed by atoms with van der Waals surface area (Å²) < 4.78 is 19.2. The maximum absolute atomic E-state index is 14.0. The molecule has 0 fully saturated rings. The largest absolute Gasteiger partial charge is 0.497 e. The fourth-order valence-corrected chi connectivity index (χ4v) is 4.38. The molecule has 0 unspecified atom stereocenters. The van der Waals surface area contributed by atoms with E-state index >= 15 is 0 Å². The molecule has 2 amide bonds. The number of halogens is 2. The average molecular weight is 467 g/mol. The van der Waals surface area contributed by atoms with E-state index in [-0.39, 0.29) is 23.3 Å². The molecule has 0 aliphatic rings. The number of carbonyl (C=O) groups is 2. The van der Waals surface area contributed by atoms with Crippen molar-refractivity contribution in [2.75, 3.05) is 19.4 Å². The van der Waals surface area contributed by atoms with Gasteiger partial charge in [-0.15, -0.1) is 11.8 Å². The second kappa shape index (κ2) is 12.6. The first-order chi connectivity index (χ1) is 14.9. The lowest BCUT2D eigenvalue weighted by atomic mass is 10.1. The first-order valence-corrected chi connectivity index (χ1v) is 11.6. The summed E-state index contributed by atoms with van der Waals surface area (Å²) in [6.07, 6.45) is 0.484. The normalized spacial score (nSPS) is 11.6. The summed E-state index contributed by atoms with van der Waals surface area (Å²) in [5.41, 5.74) is 1.26. The van der Waals surface area contributed by atoms with E-state index < -0.39 is 11.9 Å². The van der Waals surface area contributed by atoms with Gasteiger partial charge in [0.2, 0.25) is 11.8 Å². The van der Waals surface area contributed by atoms with Crippen molar-refractivity contribution in [1.29, 1.82) is 0 Å². The van der Waals surface area contributed by atoms with E-state index in [9.17, 15) is 14.0 Å². The van der Waals surface area contributed by atoms with Crippen LogP contribution in [0.2, 0.25) is 5.02 Å². The SMILES string of the molecule is CCNC(=O)[C@H](CC)N(Cc1ccc(OC)cc1)C(=O)CSCc1c(F)cccc1Cl. The lowest BCUT2D eigenvalue weighted by molar-refractivity contribution is -0.139. The van der Waals surface area contributed by atoms with Gasteiger partial charge in [0.1, 0.15) is 17.6 Å². The van der Waals surface area contributed by atoms with E-state index in [1.807, 2.05) is 38.1 Å². The molecule has 0 aromatic heterocycles. The Balaban J connectivity index is 2.15. The molecule has 168 valence electrons. The van der Waals surface area contributed by atoms with E-state index in [0.717, 1.165) is 11.3 Å². The van der Waals surface area contributed by atoms with Crippen LogP contribution in [0, 0.1) is 5.82 Å². The Hall–Kier alpha value is -2.25. The Kier molecular flexibility index (Phi) is 10.1. The third-order valence-corrected chi connectivity index (χ3v) is 6.08. The van der Waals surface area contributed by atoms with Gasteiger partial charge in [-0.25, -0.2) is 4.39 Å². The number of hydrogen-bond donors (Lipinski definition) is 1. The predicted octanol–water partition coefficient (Wildman–Crippen LogP) is 4.66. The second-order valence-electron chi connectivity index (χ2n) is 6.88. The van der Waals surface area contributed by atoms with Crippen LogP contribution >= 0.6 is 23.4 Å². The number of methoxy groups -OCH3 is 1.